The summed E-state index contributed by atoms with van der Waals surface area (Å²) in [4.78, 5) is 11.4. The molecule has 3 N–H and O–H groups in total. The van der Waals surface area contributed by atoms with Crippen LogP contribution in [0.1, 0.15) is 17.2 Å². The number of hydrogen-bond acceptors (Lipinski definition) is 6. The lowest BCUT2D eigenvalue weighted by Crippen LogP contribution is -2.24. The topological polar surface area (TPSA) is 94.4 Å². The minimum Gasteiger partial charge on any atom is -0.391 e. The molecule has 142 valence electrons. The molecule has 4 aromatic rings. The maximum Gasteiger partial charge on any atom is 0.230 e. The summed E-state index contributed by atoms with van der Waals surface area (Å²) >= 11 is 0. The van der Waals surface area contributed by atoms with Crippen LogP contribution in [0.5, 0.6) is 0 Å². The first-order valence-corrected chi connectivity index (χ1v) is 9.29. The first kappa shape index (κ1) is 16.8. The first-order valence-electron chi connectivity index (χ1n) is 9.29. The summed E-state index contributed by atoms with van der Waals surface area (Å²) in [6, 6.07) is 15.9. The Labute approximate surface area is 161 Å². The normalized spacial score (nSPS) is 19.4. The summed E-state index contributed by atoms with van der Waals surface area (Å²) in [5.74, 6) is 1.96. The molecule has 28 heavy (non-hydrogen) atoms. The van der Waals surface area contributed by atoms with E-state index in [0.29, 0.717) is 30.8 Å². The van der Waals surface area contributed by atoms with Gasteiger partial charge in [-0.05, 0) is 24.6 Å². The molecule has 4 heterocycles. The van der Waals surface area contributed by atoms with Crippen molar-refractivity contribution in [1.29, 1.82) is 0 Å². The van der Waals surface area contributed by atoms with Crippen LogP contribution in [0.15, 0.2) is 54.7 Å². The van der Waals surface area contributed by atoms with Crippen molar-refractivity contribution in [1.82, 2.24) is 24.6 Å². The van der Waals surface area contributed by atoms with E-state index < -0.39 is 6.10 Å². The lowest BCUT2D eigenvalue weighted by Gasteiger charge is -2.18. The van der Waals surface area contributed by atoms with E-state index in [9.17, 15) is 5.11 Å². The third-order valence-corrected chi connectivity index (χ3v) is 5.12. The molecular formula is C20H21N7O. The molecule has 2 atom stereocenters. The summed E-state index contributed by atoms with van der Waals surface area (Å²) in [5.41, 5.74) is 2.89. The number of aryl methyl sites for hydroxylation is 1. The van der Waals surface area contributed by atoms with E-state index in [1.165, 1.54) is 0 Å². The Hall–Kier alpha value is -3.39. The minimum absolute atomic E-state index is 0.0400. The molecule has 0 unspecified atom stereocenters. The Morgan fingerprint density at radius 3 is 2.75 bits per heavy atom. The highest BCUT2D eigenvalue weighted by Crippen LogP contribution is 2.30. The molecular weight excluding hydrogens is 354 g/mol. The lowest BCUT2D eigenvalue weighted by molar-refractivity contribution is 0.179. The Morgan fingerprint density at radius 2 is 1.96 bits per heavy atom. The predicted octanol–water partition coefficient (Wildman–Crippen LogP) is 2.47. The first-order chi connectivity index (χ1) is 13.7. The van der Waals surface area contributed by atoms with Crippen molar-refractivity contribution in [2.45, 2.75) is 18.9 Å². The molecule has 0 amide bonds. The zero-order chi connectivity index (χ0) is 19.1. The number of aliphatic hydroxyl groups excluding tert-OH is 1. The van der Waals surface area contributed by atoms with Gasteiger partial charge >= 0.3 is 0 Å². The summed E-state index contributed by atoms with van der Waals surface area (Å²) in [5, 5.41) is 21.0. The van der Waals surface area contributed by atoms with Crippen LogP contribution in [0.2, 0.25) is 0 Å². The average Bonchev–Trinajstić information content (AvgIpc) is 3.42. The molecule has 1 aliphatic rings. The monoisotopic (exact) mass is 375 g/mol. The van der Waals surface area contributed by atoms with Crippen LogP contribution in [0, 0.1) is 6.92 Å². The number of hydrogen-bond donors (Lipinski definition) is 3. The van der Waals surface area contributed by atoms with E-state index in [1.807, 2.05) is 58.8 Å². The number of aromatic nitrogens is 5. The van der Waals surface area contributed by atoms with E-state index in [0.717, 1.165) is 16.9 Å². The van der Waals surface area contributed by atoms with E-state index in [-0.39, 0.29) is 5.92 Å². The van der Waals surface area contributed by atoms with Crippen LogP contribution in [-0.2, 0) is 0 Å². The third-order valence-electron chi connectivity index (χ3n) is 5.12. The highest BCUT2D eigenvalue weighted by Gasteiger charge is 2.34. The van der Waals surface area contributed by atoms with Gasteiger partial charge in [-0.2, -0.15) is 15.1 Å². The van der Waals surface area contributed by atoms with Crippen LogP contribution in [-0.4, -0.2) is 48.9 Å². The number of H-pyrrole nitrogens is 1. The van der Waals surface area contributed by atoms with Crippen LogP contribution >= 0.6 is 0 Å². The number of fused-ring (bicyclic) bond motifs is 1. The number of nitrogens with one attached hydrogen (secondary N) is 2. The summed E-state index contributed by atoms with van der Waals surface area (Å²) in [7, 11) is 0. The molecule has 1 aliphatic heterocycles. The van der Waals surface area contributed by atoms with Gasteiger partial charge in [-0.1, -0.05) is 30.3 Å². The van der Waals surface area contributed by atoms with Gasteiger partial charge in [0, 0.05) is 37.0 Å². The van der Waals surface area contributed by atoms with Crippen LogP contribution < -0.4 is 10.2 Å². The fraction of sp³-hybridized carbons (Fsp3) is 0.250. The molecule has 1 fully saturated rings. The van der Waals surface area contributed by atoms with Crippen LogP contribution in [0.3, 0.4) is 0 Å². The molecule has 3 aromatic heterocycles. The van der Waals surface area contributed by atoms with Gasteiger partial charge in [0.15, 0.2) is 5.82 Å². The molecule has 0 bridgehead atoms. The fourth-order valence-electron chi connectivity index (χ4n) is 3.72. The number of aromatic amines is 1. The van der Waals surface area contributed by atoms with Crippen LogP contribution in [0.4, 0.5) is 17.7 Å². The number of benzene rings is 1. The number of aliphatic hydroxyl groups is 1. The molecule has 0 radical (unpaired) electrons. The zero-order valence-electron chi connectivity index (χ0n) is 15.4. The highest BCUT2D eigenvalue weighted by atomic mass is 16.3. The van der Waals surface area contributed by atoms with Gasteiger partial charge < -0.3 is 15.3 Å². The average molecular weight is 375 g/mol. The minimum atomic E-state index is -0.459. The molecule has 1 saturated heterocycles. The lowest BCUT2D eigenvalue weighted by atomic mass is 9.96. The van der Waals surface area contributed by atoms with Gasteiger partial charge in [0.25, 0.3) is 0 Å². The molecule has 1 aromatic carbocycles. The van der Waals surface area contributed by atoms with Crippen molar-refractivity contribution in [2.24, 2.45) is 0 Å². The van der Waals surface area contributed by atoms with Gasteiger partial charge in [-0.15, -0.1) is 0 Å². The number of nitrogens with zero attached hydrogens (tertiary/aromatic N) is 5. The van der Waals surface area contributed by atoms with Crippen molar-refractivity contribution in [2.75, 3.05) is 23.3 Å². The Balaban J connectivity index is 1.48. The Kier molecular flexibility index (Phi) is 3.98. The number of anilines is 3. The SMILES string of the molecule is Cc1cc(Nc2nc(N3C[C@@H](O)[C@H](c4ccccc4)C3)nc3cccn23)n[nH]1. The summed E-state index contributed by atoms with van der Waals surface area (Å²) in [6.07, 6.45) is 1.45. The van der Waals surface area contributed by atoms with Gasteiger partial charge in [0.1, 0.15) is 5.65 Å². The van der Waals surface area contributed by atoms with Crippen molar-refractivity contribution < 1.29 is 5.11 Å². The number of β-amino-alcohol motifs (C(OH)–C–C–N with tert-alkyl or cyclic N) is 1. The predicted molar refractivity (Wildman–Crippen MR) is 107 cm³/mol. The summed E-state index contributed by atoms with van der Waals surface area (Å²) in [6.45, 7) is 3.12. The summed E-state index contributed by atoms with van der Waals surface area (Å²) < 4.78 is 1.88. The second-order valence-corrected chi connectivity index (χ2v) is 7.13. The smallest absolute Gasteiger partial charge is 0.230 e. The van der Waals surface area contributed by atoms with Crippen molar-refractivity contribution in [3.63, 3.8) is 0 Å². The third kappa shape index (κ3) is 2.97. The highest BCUT2D eigenvalue weighted by molar-refractivity contribution is 5.57. The van der Waals surface area contributed by atoms with Crippen molar-refractivity contribution >= 4 is 23.4 Å². The van der Waals surface area contributed by atoms with Gasteiger partial charge in [-0.3, -0.25) is 9.50 Å². The van der Waals surface area contributed by atoms with Gasteiger partial charge in [-0.25, -0.2) is 0 Å². The molecule has 0 saturated carbocycles. The quantitative estimate of drug-likeness (QED) is 0.507. The molecule has 0 aliphatic carbocycles. The second-order valence-electron chi connectivity index (χ2n) is 7.13. The van der Waals surface area contributed by atoms with E-state index >= 15 is 0 Å². The van der Waals surface area contributed by atoms with Crippen molar-refractivity contribution in [3.8, 4) is 0 Å². The largest absolute Gasteiger partial charge is 0.391 e. The van der Waals surface area contributed by atoms with Crippen LogP contribution in [0.25, 0.3) is 5.65 Å². The molecule has 0 spiro atoms. The standard InChI is InChI=1S/C20H21N7O/c1-13-10-17(25-24-13)21-20-23-19(22-18-8-5-9-27(18)20)26-11-15(16(28)12-26)14-6-3-2-4-7-14/h2-10,15-16,28H,11-12H2,1H3,(H2,21,22,23,24,25)/t15-,16+/m0/s1. The van der Waals surface area contributed by atoms with Crippen molar-refractivity contribution in [3.05, 3.63) is 66.0 Å². The van der Waals surface area contributed by atoms with E-state index in [2.05, 4.69) is 32.6 Å². The number of rotatable bonds is 4. The zero-order valence-corrected chi connectivity index (χ0v) is 15.4. The molecule has 5 rings (SSSR count). The Morgan fingerprint density at radius 1 is 1.11 bits per heavy atom. The van der Waals surface area contributed by atoms with Gasteiger partial charge in [0.05, 0.1) is 6.10 Å². The second kappa shape index (κ2) is 6.65. The van der Waals surface area contributed by atoms with E-state index in [1.54, 1.807) is 0 Å². The Bertz CT molecular complexity index is 1100. The van der Waals surface area contributed by atoms with Gasteiger partial charge in [0.2, 0.25) is 11.9 Å². The van der Waals surface area contributed by atoms with E-state index in [4.69, 9.17) is 4.98 Å². The maximum atomic E-state index is 10.6. The molecule has 8 nitrogen and oxygen atoms in total. The molecule has 8 heteroatoms. The fourth-order valence-corrected chi connectivity index (χ4v) is 3.72. The maximum absolute atomic E-state index is 10.6.